The van der Waals surface area contributed by atoms with Crippen molar-refractivity contribution in [1.29, 1.82) is 0 Å². The highest BCUT2D eigenvalue weighted by molar-refractivity contribution is 7.80. The molecule has 3 heterocycles. The summed E-state index contributed by atoms with van der Waals surface area (Å²) in [6.07, 6.45) is 2.20. The summed E-state index contributed by atoms with van der Waals surface area (Å²) in [6, 6.07) is 8.28. The molecule has 2 aliphatic heterocycles. The number of fused-ring (bicyclic) bond motifs is 5. The Morgan fingerprint density at radius 3 is 3.11 bits per heavy atom. The van der Waals surface area contributed by atoms with Crippen molar-refractivity contribution in [3.63, 3.8) is 0 Å². The van der Waals surface area contributed by atoms with Crippen LogP contribution in [0.5, 0.6) is 0 Å². The first kappa shape index (κ1) is 10.1. The predicted octanol–water partition coefficient (Wildman–Crippen LogP) is 1.49. The van der Waals surface area contributed by atoms with Crippen molar-refractivity contribution in [2.75, 3.05) is 6.54 Å². The molecule has 1 atom stereocenters. The summed E-state index contributed by atoms with van der Waals surface area (Å²) in [7, 11) is 0. The molecule has 0 radical (unpaired) electrons. The molecule has 0 amide bonds. The van der Waals surface area contributed by atoms with Crippen molar-refractivity contribution in [1.82, 2.24) is 25.1 Å². The van der Waals surface area contributed by atoms with Crippen LogP contribution in [0.1, 0.15) is 30.3 Å². The van der Waals surface area contributed by atoms with E-state index in [4.69, 9.17) is 12.2 Å². The number of aromatic nitrogens is 4. The standard InChI is InChI=1S/C12H11N5S/c18-12-8-4-1-2-5-9(8)17-11(13-14-15-17)10-6-3-7-16(10)12/h1-2,4-5,10H,3,6-7H2. The molecular weight excluding hydrogens is 246 g/mol. The molecule has 1 aromatic heterocycles. The first-order chi connectivity index (χ1) is 8.86. The van der Waals surface area contributed by atoms with Crippen molar-refractivity contribution >= 4 is 17.2 Å². The van der Waals surface area contributed by atoms with Gasteiger partial charge >= 0.3 is 0 Å². The van der Waals surface area contributed by atoms with Crippen LogP contribution in [-0.4, -0.2) is 36.6 Å². The summed E-state index contributed by atoms with van der Waals surface area (Å²) in [6.45, 7) is 0.991. The Hall–Kier alpha value is -1.82. The van der Waals surface area contributed by atoms with Gasteiger partial charge in [-0.1, -0.05) is 24.4 Å². The van der Waals surface area contributed by atoms with Crippen LogP contribution >= 0.6 is 12.2 Å². The van der Waals surface area contributed by atoms with Gasteiger partial charge in [0, 0.05) is 12.1 Å². The topological polar surface area (TPSA) is 46.8 Å². The van der Waals surface area contributed by atoms with Crippen LogP contribution in [-0.2, 0) is 0 Å². The Morgan fingerprint density at radius 2 is 2.17 bits per heavy atom. The van der Waals surface area contributed by atoms with Gasteiger partial charge in [-0.2, -0.15) is 4.68 Å². The van der Waals surface area contributed by atoms with Gasteiger partial charge in [0.15, 0.2) is 5.82 Å². The quantitative estimate of drug-likeness (QED) is 0.669. The fraction of sp³-hybridized carbons (Fsp3) is 0.333. The van der Waals surface area contributed by atoms with Crippen molar-refractivity contribution in [2.45, 2.75) is 18.9 Å². The van der Waals surface area contributed by atoms with Crippen molar-refractivity contribution < 1.29 is 0 Å². The van der Waals surface area contributed by atoms with Gasteiger partial charge < -0.3 is 4.90 Å². The summed E-state index contributed by atoms with van der Waals surface area (Å²) in [5.41, 5.74) is 2.03. The molecule has 1 aromatic carbocycles. The number of hydrogen-bond donors (Lipinski definition) is 0. The Balaban J connectivity index is 2.04. The Labute approximate surface area is 109 Å². The number of nitrogens with zero attached hydrogens (tertiary/aromatic N) is 5. The van der Waals surface area contributed by atoms with E-state index in [1.54, 1.807) is 0 Å². The van der Waals surface area contributed by atoms with Crippen LogP contribution in [0.4, 0.5) is 0 Å². The second kappa shape index (κ2) is 3.58. The Bertz CT molecular complexity index is 635. The number of rotatable bonds is 0. The third-order valence-corrected chi connectivity index (χ3v) is 4.12. The monoisotopic (exact) mass is 257 g/mol. The number of hydrogen-bond acceptors (Lipinski definition) is 4. The van der Waals surface area contributed by atoms with Gasteiger partial charge in [-0.15, -0.1) is 5.10 Å². The highest BCUT2D eigenvalue weighted by Gasteiger charge is 2.36. The smallest absolute Gasteiger partial charge is 0.179 e. The molecule has 1 saturated heterocycles. The highest BCUT2D eigenvalue weighted by atomic mass is 32.1. The first-order valence-corrected chi connectivity index (χ1v) is 6.46. The summed E-state index contributed by atoms with van der Waals surface area (Å²) in [5.74, 6) is 0.903. The lowest BCUT2D eigenvalue weighted by Crippen LogP contribution is -2.28. The second-order valence-corrected chi connectivity index (χ2v) is 5.01. The number of para-hydroxylation sites is 1. The van der Waals surface area contributed by atoms with Crippen LogP contribution in [0.15, 0.2) is 24.3 Å². The molecule has 5 nitrogen and oxygen atoms in total. The van der Waals surface area contributed by atoms with Crippen LogP contribution < -0.4 is 0 Å². The fourth-order valence-electron chi connectivity index (χ4n) is 2.85. The minimum Gasteiger partial charge on any atom is -0.352 e. The van der Waals surface area contributed by atoms with E-state index >= 15 is 0 Å². The van der Waals surface area contributed by atoms with Gasteiger partial charge in [-0.05, 0) is 35.4 Å². The van der Waals surface area contributed by atoms with Gasteiger partial charge in [0.05, 0.1) is 11.7 Å². The molecular formula is C12H11N5S. The number of thiocarbonyl (C=S) groups is 1. The van der Waals surface area contributed by atoms with E-state index in [2.05, 4.69) is 20.4 Å². The fourth-order valence-corrected chi connectivity index (χ4v) is 3.24. The SMILES string of the molecule is S=C1c2ccccc2-n2nnnc2C2CCCN12. The third-order valence-electron chi connectivity index (χ3n) is 3.67. The van der Waals surface area contributed by atoms with Gasteiger partial charge in [-0.25, -0.2) is 0 Å². The van der Waals surface area contributed by atoms with E-state index in [9.17, 15) is 0 Å². The average Bonchev–Trinajstić information content (AvgIpc) is 3.04. The molecule has 2 aromatic rings. The molecule has 0 N–H and O–H groups in total. The zero-order valence-corrected chi connectivity index (χ0v) is 10.5. The molecule has 6 heteroatoms. The molecule has 4 rings (SSSR count). The third kappa shape index (κ3) is 1.21. The maximum Gasteiger partial charge on any atom is 0.179 e. The van der Waals surface area contributed by atoms with Gasteiger partial charge in [0.2, 0.25) is 0 Å². The van der Waals surface area contributed by atoms with Crippen molar-refractivity contribution in [2.24, 2.45) is 0 Å². The summed E-state index contributed by atoms with van der Waals surface area (Å²) in [4.78, 5) is 3.16. The van der Waals surface area contributed by atoms with E-state index in [0.29, 0.717) is 0 Å². The van der Waals surface area contributed by atoms with Gasteiger partial charge in [0.25, 0.3) is 0 Å². The van der Waals surface area contributed by atoms with E-state index in [1.165, 1.54) is 0 Å². The lowest BCUT2D eigenvalue weighted by atomic mass is 10.1. The maximum absolute atomic E-state index is 5.63. The summed E-state index contributed by atoms with van der Waals surface area (Å²) < 4.78 is 1.83. The Morgan fingerprint density at radius 1 is 1.28 bits per heavy atom. The lowest BCUT2D eigenvalue weighted by molar-refractivity contribution is 0.389. The first-order valence-electron chi connectivity index (χ1n) is 6.05. The van der Waals surface area contributed by atoms with Crippen molar-refractivity contribution in [3.05, 3.63) is 35.7 Å². The minimum atomic E-state index is 0.222. The van der Waals surface area contributed by atoms with Crippen LogP contribution in [0.2, 0.25) is 0 Å². The van der Waals surface area contributed by atoms with E-state index < -0.39 is 0 Å². The predicted molar refractivity (Wildman–Crippen MR) is 69.5 cm³/mol. The summed E-state index contributed by atoms with van der Waals surface area (Å²) >= 11 is 5.63. The normalized spacial score (nSPS) is 21.2. The van der Waals surface area contributed by atoms with Gasteiger partial charge in [-0.3, -0.25) is 0 Å². The average molecular weight is 257 g/mol. The molecule has 0 saturated carbocycles. The molecule has 0 bridgehead atoms. The van der Waals surface area contributed by atoms with Crippen LogP contribution in [0.25, 0.3) is 5.69 Å². The molecule has 0 aliphatic carbocycles. The van der Waals surface area contributed by atoms with Crippen molar-refractivity contribution in [3.8, 4) is 5.69 Å². The maximum atomic E-state index is 5.63. The number of benzene rings is 1. The lowest BCUT2D eigenvalue weighted by Gasteiger charge is -2.23. The molecule has 0 spiro atoms. The molecule has 18 heavy (non-hydrogen) atoms. The second-order valence-electron chi connectivity index (χ2n) is 4.62. The number of tetrazole rings is 1. The summed E-state index contributed by atoms with van der Waals surface area (Å²) in [5, 5.41) is 12.1. The zero-order chi connectivity index (χ0) is 12.1. The minimum absolute atomic E-state index is 0.222. The van der Waals surface area contributed by atoms with E-state index in [0.717, 1.165) is 41.5 Å². The van der Waals surface area contributed by atoms with E-state index in [-0.39, 0.29) is 6.04 Å². The molecule has 1 unspecified atom stereocenters. The highest BCUT2D eigenvalue weighted by Crippen LogP contribution is 2.36. The molecule has 1 fully saturated rings. The molecule has 90 valence electrons. The van der Waals surface area contributed by atoms with Crippen LogP contribution in [0, 0.1) is 0 Å². The Kier molecular flexibility index (Phi) is 2.02. The van der Waals surface area contributed by atoms with E-state index in [1.807, 2.05) is 28.9 Å². The zero-order valence-electron chi connectivity index (χ0n) is 9.65. The largest absolute Gasteiger partial charge is 0.352 e. The molecule has 2 aliphatic rings. The van der Waals surface area contributed by atoms with Gasteiger partial charge in [0.1, 0.15) is 4.99 Å². The van der Waals surface area contributed by atoms with Crippen LogP contribution in [0.3, 0.4) is 0 Å².